The molecule has 0 bridgehead atoms. The topological polar surface area (TPSA) is 24.0 Å². The molecule has 0 amide bonds. The number of fused-ring (bicyclic) bond motifs is 1. The lowest BCUT2D eigenvalue weighted by molar-refractivity contribution is 0.160. The van der Waals surface area contributed by atoms with Gasteiger partial charge >= 0.3 is 0 Å². The van der Waals surface area contributed by atoms with E-state index in [0.717, 1.165) is 16.8 Å². The van der Waals surface area contributed by atoms with Crippen LogP contribution in [-0.4, -0.2) is 33.6 Å². The summed E-state index contributed by atoms with van der Waals surface area (Å²) >= 11 is 7.84. The van der Waals surface area contributed by atoms with Crippen molar-refractivity contribution in [3.05, 3.63) is 26.5 Å². The van der Waals surface area contributed by atoms with E-state index in [4.69, 9.17) is 12.2 Å². The first kappa shape index (κ1) is 14.5. The normalized spacial score (nSPS) is 18.5. The number of aromatic nitrogens is 2. The molecule has 0 radical (unpaired) electrons. The largest absolute Gasteiger partial charge is 0.331 e. The Bertz CT molecular complexity index is 655. The van der Waals surface area contributed by atoms with Crippen molar-refractivity contribution < 1.29 is 0 Å². The molecule has 1 aliphatic heterocycles. The molecule has 3 rings (SSSR count). The minimum atomic E-state index is 0.542. The minimum absolute atomic E-state index is 0.542. The Kier molecular flexibility index (Phi) is 4.47. The lowest BCUT2D eigenvalue weighted by atomic mass is 10.1. The summed E-state index contributed by atoms with van der Waals surface area (Å²) in [6.07, 6.45) is 4.05. The average Bonchev–Trinajstić information content (AvgIpc) is 2.75. The molecule has 2 heterocycles. The predicted molar refractivity (Wildman–Crippen MR) is 94.7 cm³/mol. The number of rotatable bonds is 3. The molecule has 1 fully saturated rings. The molecule has 1 unspecified atom stereocenters. The molecule has 108 valence electrons. The highest BCUT2D eigenvalue weighted by Gasteiger charge is 2.18. The fraction of sp³-hybridized carbons (Fsp3) is 0.533. The van der Waals surface area contributed by atoms with Gasteiger partial charge in [0.2, 0.25) is 0 Å². The number of hydrogen-bond donors (Lipinski definition) is 1. The van der Waals surface area contributed by atoms with E-state index in [2.05, 4.69) is 62.2 Å². The molecule has 0 saturated carbocycles. The number of hydrogen-bond acceptors (Lipinski definition) is 2. The number of imidazole rings is 1. The highest BCUT2D eigenvalue weighted by molar-refractivity contribution is 14.1. The van der Waals surface area contributed by atoms with E-state index in [0.29, 0.717) is 6.04 Å². The van der Waals surface area contributed by atoms with Crippen molar-refractivity contribution in [2.45, 2.75) is 38.8 Å². The van der Waals surface area contributed by atoms with Gasteiger partial charge in [0.25, 0.3) is 0 Å². The number of aromatic amines is 1. The number of nitrogens with one attached hydrogen (secondary N) is 1. The summed E-state index contributed by atoms with van der Waals surface area (Å²) in [5.74, 6) is 0. The molecular weight excluding hydrogens is 381 g/mol. The van der Waals surface area contributed by atoms with E-state index in [1.165, 1.54) is 41.4 Å². The maximum Gasteiger partial charge on any atom is 0.178 e. The maximum absolute atomic E-state index is 5.50. The Morgan fingerprint density at radius 1 is 1.30 bits per heavy atom. The summed E-state index contributed by atoms with van der Waals surface area (Å²) in [6.45, 7) is 5.75. The highest BCUT2D eigenvalue weighted by atomic mass is 127. The van der Waals surface area contributed by atoms with Crippen molar-refractivity contribution in [1.29, 1.82) is 0 Å². The van der Waals surface area contributed by atoms with Gasteiger partial charge in [-0.2, -0.15) is 0 Å². The fourth-order valence-corrected chi connectivity index (χ4v) is 3.83. The highest BCUT2D eigenvalue weighted by Crippen LogP contribution is 2.19. The molecule has 0 spiro atoms. The van der Waals surface area contributed by atoms with Crippen LogP contribution in [-0.2, 0) is 6.54 Å². The van der Waals surface area contributed by atoms with Gasteiger partial charge in [0.1, 0.15) is 0 Å². The number of benzene rings is 1. The van der Waals surface area contributed by atoms with Crippen LogP contribution < -0.4 is 0 Å². The second-order valence-electron chi connectivity index (χ2n) is 5.65. The van der Waals surface area contributed by atoms with Gasteiger partial charge in [-0.15, -0.1) is 0 Å². The monoisotopic (exact) mass is 401 g/mol. The van der Waals surface area contributed by atoms with E-state index in [9.17, 15) is 0 Å². The van der Waals surface area contributed by atoms with E-state index in [-0.39, 0.29) is 0 Å². The number of H-pyrrole nitrogens is 1. The lowest BCUT2D eigenvalue weighted by Crippen LogP contribution is -2.39. The van der Waals surface area contributed by atoms with Gasteiger partial charge < -0.3 is 9.55 Å². The van der Waals surface area contributed by atoms with Crippen molar-refractivity contribution >= 4 is 45.8 Å². The van der Waals surface area contributed by atoms with Crippen LogP contribution in [0.1, 0.15) is 26.2 Å². The number of piperidine rings is 1. The third kappa shape index (κ3) is 2.94. The third-order valence-corrected chi connectivity index (χ3v) is 5.19. The molecule has 1 saturated heterocycles. The zero-order chi connectivity index (χ0) is 14.1. The molecule has 3 nitrogen and oxygen atoms in total. The SMILES string of the molecule is CC(Cn1c(=S)[nH]c2cc(I)ccc21)N1CCCCC1. The first-order chi connectivity index (χ1) is 9.65. The van der Waals surface area contributed by atoms with Gasteiger partial charge in [0, 0.05) is 16.2 Å². The smallest absolute Gasteiger partial charge is 0.178 e. The summed E-state index contributed by atoms with van der Waals surface area (Å²) in [5, 5.41) is 0. The zero-order valence-corrected chi connectivity index (χ0v) is 14.7. The van der Waals surface area contributed by atoms with E-state index < -0.39 is 0 Å². The van der Waals surface area contributed by atoms with Gasteiger partial charge in [-0.1, -0.05) is 6.42 Å². The molecule has 1 aromatic carbocycles. The second-order valence-corrected chi connectivity index (χ2v) is 7.28. The van der Waals surface area contributed by atoms with Gasteiger partial charge in [-0.3, -0.25) is 4.90 Å². The molecule has 1 aromatic heterocycles. The first-order valence-electron chi connectivity index (χ1n) is 7.27. The molecular formula is C15H20IN3S. The Hall–Kier alpha value is -0.400. The van der Waals surface area contributed by atoms with Crippen molar-refractivity contribution in [3.63, 3.8) is 0 Å². The molecule has 1 N–H and O–H groups in total. The Labute approximate surface area is 138 Å². The predicted octanol–water partition coefficient (Wildman–Crippen LogP) is 4.18. The van der Waals surface area contributed by atoms with Gasteiger partial charge in [0.05, 0.1) is 11.0 Å². The van der Waals surface area contributed by atoms with Crippen LogP contribution in [0.15, 0.2) is 18.2 Å². The number of halogens is 1. The Morgan fingerprint density at radius 2 is 2.05 bits per heavy atom. The zero-order valence-electron chi connectivity index (χ0n) is 11.7. The van der Waals surface area contributed by atoms with Gasteiger partial charge in [0.15, 0.2) is 4.77 Å². The number of nitrogens with zero attached hydrogens (tertiary/aromatic N) is 2. The third-order valence-electron chi connectivity index (χ3n) is 4.20. The first-order valence-corrected chi connectivity index (χ1v) is 8.76. The van der Waals surface area contributed by atoms with Crippen molar-refractivity contribution in [2.75, 3.05) is 13.1 Å². The summed E-state index contributed by atoms with van der Waals surface area (Å²) in [4.78, 5) is 5.92. The van der Waals surface area contributed by atoms with Crippen LogP contribution >= 0.6 is 34.8 Å². The lowest BCUT2D eigenvalue weighted by Gasteiger charge is -2.32. The van der Waals surface area contributed by atoms with Crippen molar-refractivity contribution in [2.24, 2.45) is 0 Å². The summed E-state index contributed by atoms with van der Waals surface area (Å²) in [6, 6.07) is 7.02. The Morgan fingerprint density at radius 3 is 2.80 bits per heavy atom. The van der Waals surface area contributed by atoms with Crippen LogP contribution in [0.3, 0.4) is 0 Å². The van der Waals surface area contributed by atoms with Crippen LogP contribution in [0.5, 0.6) is 0 Å². The molecule has 0 aliphatic carbocycles. The fourth-order valence-electron chi connectivity index (χ4n) is 3.06. The van der Waals surface area contributed by atoms with Gasteiger partial charge in [-0.05, 0) is 85.9 Å². The van der Waals surface area contributed by atoms with E-state index in [1.54, 1.807) is 0 Å². The van der Waals surface area contributed by atoms with Crippen molar-refractivity contribution in [3.8, 4) is 0 Å². The summed E-state index contributed by atoms with van der Waals surface area (Å²) in [7, 11) is 0. The molecule has 1 aliphatic rings. The number of likely N-dealkylation sites (tertiary alicyclic amines) is 1. The van der Waals surface area contributed by atoms with E-state index >= 15 is 0 Å². The van der Waals surface area contributed by atoms with E-state index in [1.807, 2.05) is 0 Å². The average molecular weight is 401 g/mol. The standard InChI is InChI=1S/C15H20IN3S/c1-11(18-7-3-2-4-8-18)10-19-14-6-5-12(16)9-13(14)17-15(19)20/h5-6,9,11H,2-4,7-8,10H2,1H3,(H,17,20). The van der Waals surface area contributed by atoms with Crippen molar-refractivity contribution in [1.82, 2.24) is 14.5 Å². The molecule has 1 atom stereocenters. The van der Waals surface area contributed by atoms with Crippen LogP contribution in [0.25, 0.3) is 11.0 Å². The maximum atomic E-state index is 5.50. The second kappa shape index (κ2) is 6.15. The molecule has 2 aromatic rings. The van der Waals surface area contributed by atoms with Crippen LogP contribution in [0, 0.1) is 8.34 Å². The van der Waals surface area contributed by atoms with Crippen LogP contribution in [0.4, 0.5) is 0 Å². The van der Waals surface area contributed by atoms with Gasteiger partial charge in [-0.25, -0.2) is 0 Å². The minimum Gasteiger partial charge on any atom is -0.331 e. The summed E-state index contributed by atoms with van der Waals surface area (Å²) in [5.41, 5.74) is 2.37. The van der Waals surface area contributed by atoms with Crippen LogP contribution in [0.2, 0.25) is 0 Å². The quantitative estimate of drug-likeness (QED) is 0.617. The molecule has 5 heteroatoms. The summed E-state index contributed by atoms with van der Waals surface area (Å²) < 4.78 is 4.33. The Balaban J connectivity index is 1.86. The molecule has 20 heavy (non-hydrogen) atoms.